The number of benzene rings is 1. The molecule has 3 rings (SSSR count). The summed E-state index contributed by atoms with van der Waals surface area (Å²) in [5.74, 6) is 0.383. The van der Waals surface area contributed by atoms with Crippen LogP contribution >= 0.6 is 0 Å². The first kappa shape index (κ1) is 13.5. The number of carbonyl (C=O) groups is 1. The van der Waals surface area contributed by atoms with E-state index in [2.05, 4.69) is 29.3 Å². The van der Waals surface area contributed by atoms with Crippen molar-refractivity contribution in [2.75, 3.05) is 18.4 Å². The number of nitrogens with one attached hydrogen (secondary N) is 1. The van der Waals surface area contributed by atoms with E-state index >= 15 is 0 Å². The summed E-state index contributed by atoms with van der Waals surface area (Å²) in [5.41, 5.74) is 2.32. The largest absolute Gasteiger partial charge is 0.382 e. The molecule has 0 aliphatic carbocycles. The van der Waals surface area contributed by atoms with Crippen LogP contribution in [-0.2, 0) is 4.79 Å². The molecule has 0 bridgehead atoms. The van der Waals surface area contributed by atoms with E-state index in [-0.39, 0.29) is 5.92 Å². The molecule has 0 saturated carbocycles. The van der Waals surface area contributed by atoms with Gasteiger partial charge in [0, 0.05) is 24.8 Å². The zero-order chi connectivity index (χ0) is 13.9. The topological polar surface area (TPSA) is 32.3 Å². The van der Waals surface area contributed by atoms with Gasteiger partial charge in [0.05, 0.1) is 5.92 Å². The van der Waals surface area contributed by atoms with Crippen LogP contribution < -0.4 is 5.32 Å². The third-order valence-electron chi connectivity index (χ3n) is 4.54. The van der Waals surface area contributed by atoms with Crippen molar-refractivity contribution >= 4 is 11.6 Å². The molecular formula is C17H24N2O. The zero-order valence-electron chi connectivity index (χ0n) is 12.3. The molecule has 2 atom stereocenters. The van der Waals surface area contributed by atoms with Crippen molar-refractivity contribution in [2.45, 2.75) is 51.0 Å². The summed E-state index contributed by atoms with van der Waals surface area (Å²) in [6.45, 7) is 4.05. The molecule has 1 amide bonds. The van der Waals surface area contributed by atoms with Crippen LogP contribution in [0.5, 0.6) is 0 Å². The van der Waals surface area contributed by atoms with Crippen LogP contribution in [-0.4, -0.2) is 29.9 Å². The number of para-hydroxylation sites is 1. The molecule has 1 fully saturated rings. The maximum atomic E-state index is 12.9. The molecule has 20 heavy (non-hydrogen) atoms. The molecule has 2 aliphatic heterocycles. The molecule has 2 heterocycles. The molecule has 2 unspecified atom stereocenters. The van der Waals surface area contributed by atoms with Crippen molar-refractivity contribution in [1.82, 2.24) is 4.90 Å². The van der Waals surface area contributed by atoms with Gasteiger partial charge in [-0.05, 0) is 37.8 Å². The van der Waals surface area contributed by atoms with Crippen LogP contribution in [0.25, 0.3) is 0 Å². The maximum absolute atomic E-state index is 12.9. The van der Waals surface area contributed by atoms with Crippen molar-refractivity contribution in [3.8, 4) is 0 Å². The zero-order valence-corrected chi connectivity index (χ0v) is 12.3. The van der Waals surface area contributed by atoms with E-state index in [1.807, 2.05) is 12.1 Å². The van der Waals surface area contributed by atoms with Crippen molar-refractivity contribution in [2.24, 2.45) is 0 Å². The number of likely N-dealkylation sites (tertiary alicyclic amines) is 1. The maximum Gasteiger partial charge on any atom is 0.230 e. The van der Waals surface area contributed by atoms with Crippen molar-refractivity contribution in [1.29, 1.82) is 0 Å². The minimum atomic E-state index is 0.0422. The Morgan fingerprint density at radius 1 is 1.15 bits per heavy atom. The molecule has 3 heteroatoms. The molecule has 108 valence electrons. The van der Waals surface area contributed by atoms with Crippen molar-refractivity contribution < 1.29 is 4.79 Å². The smallest absolute Gasteiger partial charge is 0.230 e. The summed E-state index contributed by atoms with van der Waals surface area (Å²) in [5, 5.41) is 3.49. The highest BCUT2D eigenvalue weighted by molar-refractivity contribution is 5.86. The van der Waals surface area contributed by atoms with Gasteiger partial charge < -0.3 is 10.2 Å². The Bertz CT molecular complexity index is 478. The normalized spacial score (nSPS) is 26.4. The molecule has 2 aliphatic rings. The Morgan fingerprint density at radius 2 is 1.85 bits per heavy atom. The molecule has 0 spiro atoms. The van der Waals surface area contributed by atoms with Crippen LogP contribution in [0.2, 0.25) is 0 Å². The number of hydrogen-bond donors (Lipinski definition) is 1. The Labute approximate surface area is 121 Å². The third kappa shape index (κ3) is 2.67. The fourth-order valence-corrected chi connectivity index (χ4v) is 3.48. The van der Waals surface area contributed by atoms with E-state index in [0.717, 1.165) is 38.0 Å². The summed E-state index contributed by atoms with van der Waals surface area (Å²) in [6.07, 6.45) is 5.76. The number of amides is 1. The predicted molar refractivity (Wildman–Crippen MR) is 81.9 cm³/mol. The SMILES string of the molecule is CC1CC(C(=O)N2CCCCCC2)c2ccccc2N1. The lowest BCUT2D eigenvalue weighted by molar-refractivity contribution is -0.133. The fraction of sp³-hybridized carbons (Fsp3) is 0.588. The molecule has 1 aromatic carbocycles. The first-order valence-electron chi connectivity index (χ1n) is 7.90. The second-order valence-corrected chi connectivity index (χ2v) is 6.16. The van der Waals surface area contributed by atoms with Gasteiger partial charge in [0.1, 0.15) is 0 Å². The van der Waals surface area contributed by atoms with E-state index in [1.165, 1.54) is 18.4 Å². The minimum Gasteiger partial charge on any atom is -0.382 e. The Balaban J connectivity index is 1.83. The molecule has 1 saturated heterocycles. The monoisotopic (exact) mass is 272 g/mol. The van der Waals surface area contributed by atoms with Gasteiger partial charge in [0.25, 0.3) is 0 Å². The average molecular weight is 272 g/mol. The van der Waals surface area contributed by atoms with Crippen LogP contribution in [0.3, 0.4) is 0 Å². The highest BCUT2D eigenvalue weighted by Crippen LogP contribution is 2.35. The second-order valence-electron chi connectivity index (χ2n) is 6.16. The minimum absolute atomic E-state index is 0.0422. The van der Waals surface area contributed by atoms with Gasteiger partial charge in [-0.15, -0.1) is 0 Å². The summed E-state index contributed by atoms with van der Waals surface area (Å²) in [7, 11) is 0. The summed E-state index contributed by atoms with van der Waals surface area (Å²) in [4.78, 5) is 15.0. The van der Waals surface area contributed by atoms with Crippen LogP contribution in [0, 0.1) is 0 Å². The number of nitrogens with zero attached hydrogens (tertiary/aromatic N) is 1. The lowest BCUT2D eigenvalue weighted by Crippen LogP contribution is -2.39. The Morgan fingerprint density at radius 3 is 2.60 bits per heavy atom. The fourth-order valence-electron chi connectivity index (χ4n) is 3.48. The first-order chi connectivity index (χ1) is 9.75. The van der Waals surface area contributed by atoms with Crippen LogP contribution in [0.1, 0.15) is 50.5 Å². The van der Waals surface area contributed by atoms with E-state index in [1.54, 1.807) is 0 Å². The van der Waals surface area contributed by atoms with E-state index in [0.29, 0.717) is 11.9 Å². The molecule has 1 N–H and O–H groups in total. The Hall–Kier alpha value is -1.51. The van der Waals surface area contributed by atoms with Gasteiger partial charge in [-0.25, -0.2) is 0 Å². The van der Waals surface area contributed by atoms with Crippen LogP contribution in [0.4, 0.5) is 5.69 Å². The number of rotatable bonds is 1. The van der Waals surface area contributed by atoms with E-state index < -0.39 is 0 Å². The number of hydrogen-bond acceptors (Lipinski definition) is 2. The Kier molecular flexibility index (Phi) is 3.95. The molecular weight excluding hydrogens is 248 g/mol. The quantitative estimate of drug-likeness (QED) is 0.850. The van der Waals surface area contributed by atoms with Crippen molar-refractivity contribution in [3.05, 3.63) is 29.8 Å². The predicted octanol–water partition coefficient (Wildman–Crippen LogP) is 3.38. The highest BCUT2D eigenvalue weighted by Gasteiger charge is 2.32. The summed E-state index contributed by atoms with van der Waals surface area (Å²) >= 11 is 0. The van der Waals surface area contributed by atoms with Gasteiger partial charge in [0.15, 0.2) is 0 Å². The molecule has 0 aromatic heterocycles. The van der Waals surface area contributed by atoms with Crippen molar-refractivity contribution in [3.63, 3.8) is 0 Å². The van der Waals surface area contributed by atoms with E-state index in [4.69, 9.17) is 0 Å². The van der Waals surface area contributed by atoms with Gasteiger partial charge in [-0.2, -0.15) is 0 Å². The van der Waals surface area contributed by atoms with Crippen LogP contribution in [0.15, 0.2) is 24.3 Å². The number of fused-ring (bicyclic) bond motifs is 1. The average Bonchev–Trinajstić information content (AvgIpc) is 2.74. The highest BCUT2D eigenvalue weighted by atomic mass is 16.2. The molecule has 1 aromatic rings. The summed E-state index contributed by atoms with van der Waals surface area (Å²) < 4.78 is 0. The molecule has 3 nitrogen and oxygen atoms in total. The van der Waals surface area contributed by atoms with Gasteiger partial charge in [-0.3, -0.25) is 4.79 Å². The van der Waals surface area contributed by atoms with E-state index in [9.17, 15) is 4.79 Å². The third-order valence-corrected chi connectivity index (χ3v) is 4.54. The van der Waals surface area contributed by atoms with Gasteiger partial charge >= 0.3 is 0 Å². The lowest BCUT2D eigenvalue weighted by Gasteiger charge is -2.33. The van der Waals surface area contributed by atoms with Gasteiger partial charge in [-0.1, -0.05) is 31.0 Å². The summed E-state index contributed by atoms with van der Waals surface area (Å²) in [6, 6.07) is 8.64. The number of carbonyl (C=O) groups excluding carboxylic acids is 1. The standard InChI is InChI=1S/C17H24N2O/c1-13-12-15(14-8-4-5-9-16(14)18-13)17(20)19-10-6-2-3-7-11-19/h4-5,8-9,13,15,18H,2-3,6-7,10-12H2,1H3. The molecule has 0 radical (unpaired) electrons. The number of anilines is 1. The lowest BCUT2D eigenvalue weighted by atomic mass is 9.86. The second kappa shape index (κ2) is 5.86. The van der Waals surface area contributed by atoms with Gasteiger partial charge in [0.2, 0.25) is 5.91 Å². The first-order valence-corrected chi connectivity index (χ1v) is 7.90.